The number of hydrogen-bond acceptors (Lipinski definition) is 8. The molecule has 1 aliphatic rings. The number of nitrogens with zero attached hydrogens (tertiary/aromatic N) is 4. The SMILES string of the molecule is C[C@@H](C(=O)Nc1nccs1)N1CCO[C@H](CNc2cccnn2)C1. The van der Waals surface area contributed by atoms with E-state index in [1.165, 1.54) is 11.3 Å². The Labute approximate surface area is 144 Å². The number of anilines is 2. The number of amides is 1. The van der Waals surface area contributed by atoms with Gasteiger partial charge in [-0.1, -0.05) is 0 Å². The van der Waals surface area contributed by atoms with Crippen LogP contribution in [0.15, 0.2) is 29.9 Å². The molecule has 0 spiro atoms. The quantitative estimate of drug-likeness (QED) is 0.807. The smallest absolute Gasteiger partial charge is 0.243 e. The van der Waals surface area contributed by atoms with Crippen LogP contribution in [0.1, 0.15) is 6.92 Å². The molecule has 0 aliphatic carbocycles. The third kappa shape index (κ3) is 4.47. The van der Waals surface area contributed by atoms with Crippen molar-refractivity contribution in [2.75, 3.05) is 36.9 Å². The number of carbonyl (C=O) groups excluding carboxylic acids is 1. The van der Waals surface area contributed by atoms with Crippen LogP contribution >= 0.6 is 11.3 Å². The van der Waals surface area contributed by atoms with E-state index in [2.05, 4.69) is 30.7 Å². The van der Waals surface area contributed by atoms with Crippen molar-refractivity contribution in [2.24, 2.45) is 0 Å². The minimum atomic E-state index is -0.239. The van der Waals surface area contributed by atoms with Gasteiger partial charge in [-0.2, -0.15) is 5.10 Å². The van der Waals surface area contributed by atoms with Crippen LogP contribution in [0.2, 0.25) is 0 Å². The van der Waals surface area contributed by atoms with Gasteiger partial charge < -0.3 is 15.4 Å². The zero-order valence-electron chi connectivity index (χ0n) is 13.4. The first kappa shape index (κ1) is 16.7. The first-order chi connectivity index (χ1) is 11.7. The van der Waals surface area contributed by atoms with Crippen molar-refractivity contribution < 1.29 is 9.53 Å². The summed E-state index contributed by atoms with van der Waals surface area (Å²) < 4.78 is 5.77. The summed E-state index contributed by atoms with van der Waals surface area (Å²) in [5, 5.41) is 16.3. The topological polar surface area (TPSA) is 92.3 Å². The van der Waals surface area contributed by atoms with Crippen LogP contribution in [-0.4, -0.2) is 64.4 Å². The van der Waals surface area contributed by atoms with E-state index in [9.17, 15) is 4.79 Å². The number of rotatable bonds is 6. The average molecular weight is 348 g/mol. The van der Waals surface area contributed by atoms with E-state index in [0.717, 1.165) is 6.54 Å². The lowest BCUT2D eigenvalue weighted by Crippen LogP contribution is -2.52. The molecule has 2 aromatic heterocycles. The zero-order valence-corrected chi connectivity index (χ0v) is 14.2. The lowest BCUT2D eigenvalue weighted by molar-refractivity contribution is -0.123. The highest BCUT2D eigenvalue weighted by molar-refractivity contribution is 7.13. The highest BCUT2D eigenvalue weighted by atomic mass is 32.1. The van der Waals surface area contributed by atoms with E-state index >= 15 is 0 Å². The van der Waals surface area contributed by atoms with E-state index in [1.54, 1.807) is 12.4 Å². The largest absolute Gasteiger partial charge is 0.374 e. The van der Waals surface area contributed by atoms with E-state index in [0.29, 0.717) is 30.6 Å². The fourth-order valence-corrected chi connectivity index (χ4v) is 3.02. The molecule has 9 heteroatoms. The molecular formula is C15H20N6O2S. The molecule has 3 rings (SSSR count). The molecule has 2 aromatic rings. The Kier molecular flexibility index (Phi) is 5.68. The highest BCUT2D eigenvalue weighted by Gasteiger charge is 2.28. The Morgan fingerprint density at radius 1 is 1.54 bits per heavy atom. The standard InChI is InChI=1S/C15H20N6O2S/c1-11(14(22)19-15-16-5-8-24-15)21-6-7-23-12(10-21)9-17-13-3-2-4-18-20-13/h2-5,8,11-12H,6-7,9-10H2,1H3,(H,17,20)(H,16,19,22)/t11-,12+/m0/s1. The van der Waals surface area contributed by atoms with Gasteiger partial charge in [-0.3, -0.25) is 9.69 Å². The predicted molar refractivity (Wildman–Crippen MR) is 92.0 cm³/mol. The normalized spacial score (nSPS) is 19.6. The number of carbonyl (C=O) groups is 1. The van der Waals surface area contributed by atoms with Gasteiger partial charge in [0, 0.05) is 37.4 Å². The Morgan fingerprint density at radius 3 is 3.21 bits per heavy atom. The minimum absolute atomic E-state index is 0.00383. The summed E-state index contributed by atoms with van der Waals surface area (Å²) in [6.07, 6.45) is 3.30. The van der Waals surface area contributed by atoms with Crippen molar-refractivity contribution >= 4 is 28.2 Å². The van der Waals surface area contributed by atoms with Crippen LogP contribution in [0.25, 0.3) is 0 Å². The molecule has 1 fully saturated rings. The third-order valence-corrected chi connectivity index (χ3v) is 4.53. The molecule has 128 valence electrons. The van der Waals surface area contributed by atoms with E-state index in [1.807, 2.05) is 24.4 Å². The van der Waals surface area contributed by atoms with E-state index in [-0.39, 0.29) is 18.1 Å². The summed E-state index contributed by atoms with van der Waals surface area (Å²) in [4.78, 5) is 18.5. The molecule has 0 aromatic carbocycles. The van der Waals surface area contributed by atoms with Crippen LogP contribution in [0.5, 0.6) is 0 Å². The number of hydrogen-bond donors (Lipinski definition) is 2. The highest BCUT2D eigenvalue weighted by Crippen LogP contribution is 2.14. The molecule has 3 heterocycles. The third-order valence-electron chi connectivity index (χ3n) is 3.84. The van der Waals surface area contributed by atoms with Gasteiger partial charge in [0.05, 0.1) is 18.8 Å². The summed E-state index contributed by atoms with van der Waals surface area (Å²) >= 11 is 1.41. The van der Waals surface area contributed by atoms with Gasteiger partial charge in [0.2, 0.25) is 5.91 Å². The van der Waals surface area contributed by atoms with Crippen LogP contribution in [0, 0.1) is 0 Å². The Morgan fingerprint density at radius 2 is 2.46 bits per heavy atom. The zero-order chi connectivity index (χ0) is 16.8. The van der Waals surface area contributed by atoms with Gasteiger partial charge in [0.25, 0.3) is 0 Å². The summed E-state index contributed by atoms with van der Waals surface area (Å²) in [5.74, 6) is 0.667. The van der Waals surface area contributed by atoms with Gasteiger partial charge in [0.15, 0.2) is 5.13 Å². The monoisotopic (exact) mass is 348 g/mol. The van der Waals surface area contributed by atoms with Crippen LogP contribution in [-0.2, 0) is 9.53 Å². The number of morpholine rings is 1. The molecule has 0 unspecified atom stereocenters. The first-order valence-electron chi connectivity index (χ1n) is 7.80. The summed E-state index contributed by atoms with van der Waals surface area (Å²) in [5.41, 5.74) is 0. The van der Waals surface area contributed by atoms with Gasteiger partial charge in [-0.25, -0.2) is 4.98 Å². The number of aromatic nitrogens is 3. The molecule has 8 nitrogen and oxygen atoms in total. The van der Waals surface area contributed by atoms with Gasteiger partial charge in [-0.05, 0) is 19.1 Å². The molecule has 1 aliphatic heterocycles. The first-order valence-corrected chi connectivity index (χ1v) is 8.68. The fourth-order valence-electron chi connectivity index (χ4n) is 2.49. The van der Waals surface area contributed by atoms with Crippen molar-refractivity contribution in [3.8, 4) is 0 Å². The maximum Gasteiger partial charge on any atom is 0.243 e. The number of thiazole rings is 1. The molecular weight excluding hydrogens is 328 g/mol. The average Bonchev–Trinajstić information content (AvgIpc) is 3.13. The summed E-state index contributed by atoms with van der Waals surface area (Å²) in [6, 6.07) is 3.45. The van der Waals surface area contributed by atoms with Gasteiger partial charge in [-0.15, -0.1) is 16.4 Å². The van der Waals surface area contributed by atoms with Crippen molar-refractivity contribution in [3.05, 3.63) is 29.9 Å². The summed E-state index contributed by atoms with van der Waals surface area (Å²) in [7, 11) is 0. The molecule has 2 atom stereocenters. The van der Waals surface area contributed by atoms with E-state index in [4.69, 9.17) is 4.74 Å². The lowest BCUT2D eigenvalue weighted by Gasteiger charge is -2.36. The molecule has 0 saturated carbocycles. The van der Waals surface area contributed by atoms with E-state index < -0.39 is 0 Å². The van der Waals surface area contributed by atoms with Crippen molar-refractivity contribution in [3.63, 3.8) is 0 Å². The molecule has 1 amide bonds. The Hall–Kier alpha value is -2.10. The van der Waals surface area contributed by atoms with Crippen LogP contribution in [0.4, 0.5) is 10.9 Å². The maximum atomic E-state index is 12.3. The van der Waals surface area contributed by atoms with Crippen LogP contribution < -0.4 is 10.6 Å². The fraction of sp³-hybridized carbons (Fsp3) is 0.467. The van der Waals surface area contributed by atoms with Crippen LogP contribution in [0.3, 0.4) is 0 Å². The van der Waals surface area contributed by atoms with Crippen molar-refractivity contribution in [1.29, 1.82) is 0 Å². The Bertz CT molecular complexity index is 639. The number of ether oxygens (including phenoxy) is 1. The van der Waals surface area contributed by atoms with Gasteiger partial charge >= 0.3 is 0 Å². The van der Waals surface area contributed by atoms with Crippen molar-refractivity contribution in [1.82, 2.24) is 20.1 Å². The predicted octanol–water partition coefficient (Wildman–Crippen LogP) is 1.07. The second kappa shape index (κ2) is 8.13. The molecule has 1 saturated heterocycles. The molecule has 0 bridgehead atoms. The number of nitrogens with one attached hydrogen (secondary N) is 2. The second-order valence-electron chi connectivity index (χ2n) is 5.48. The molecule has 2 N–H and O–H groups in total. The second-order valence-corrected chi connectivity index (χ2v) is 6.37. The minimum Gasteiger partial charge on any atom is -0.374 e. The van der Waals surface area contributed by atoms with Crippen molar-refractivity contribution in [2.45, 2.75) is 19.1 Å². The maximum absolute atomic E-state index is 12.3. The molecule has 24 heavy (non-hydrogen) atoms. The molecule has 0 radical (unpaired) electrons. The Balaban J connectivity index is 1.50. The summed E-state index contributed by atoms with van der Waals surface area (Å²) in [6.45, 7) is 4.53. The lowest BCUT2D eigenvalue weighted by atomic mass is 10.2. The van der Waals surface area contributed by atoms with Gasteiger partial charge in [0.1, 0.15) is 5.82 Å².